The summed E-state index contributed by atoms with van der Waals surface area (Å²) in [7, 11) is 0. The zero-order chi connectivity index (χ0) is 13.8. The van der Waals surface area contributed by atoms with Gasteiger partial charge in [0, 0.05) is 44.2 Å². The number of alkyl halides is 2. The molecule has 1 aliphatic heterocycles. The maximum atomic E-state index is 12.8. The molecule has 0 unspecified atom stereocenters. The molecule has 1 aromatic carbocycles. The second kappa shape index (κ2) is 7.76. The summed E-state index contributed by atoms with van der Waals surface area (Å²) in [5.74, 6) is 0.115. The minimum atomic E-state index is -2.37. The van der Waals surface area contributed by atoms with Crippen LogP contribution in [0.25, 0.3) is 0 Å². The van der Waals surface area contributed by atoms with Gasteiger partial charge in [-0.1, -0.05) is 12.1 Å². The van der Waals surface area contributed by atoms with E-state index >= 15 is 0 Å². The standard InChI is InChI=1S/C14H20F2N2O.ClH/c1-10-2-3-11(13(19)8-10)12(9-14(15)16)18-6-4-17-5-7-18;/h2-3,8,12,14,17,19H,4-7,9H2,1H3;1H/t12-;/m0./s1. The molecule has 6 heteroatoms. The quantitative estimate of drug-likeness (QED) is 0.898. The Bertz CT molecular complexity index is 426. The first kappa shape index (κ1) is 17.1. The molecule has 0 bridgehead atoms. The van der Waals surface area contributed by atoms with Crippen molar-refractivity contribution >= 4 is 12.4 Å². The minimum Gasteiger partial charge on any atom is -0.508 e. The van der Waals surface area contributed by atoms with Gasteiger partial charge in [0.15, 0.2) is 0 Å². The number of phenols is 1. The van der Waals surface area contributed by atoms with E-state index in [1.54, 1.807) is 12.1 Å². The number of hydrogen-bond acceptors (Lipinski definition) is 3. The van der Waals surface area contributed by atoms with Crippen LogP contribution in [0.5, 0.6) is 5.75 Å². The van der Waals surface area contributed by atoms with E-state index in [2.05, 4.69) is 5.32 Å². The minimum absolute atomic E-state index is 0. The highest BCUT2D eigenvalue weighted by molar-refractivity contribution is 5.85. The van der Waals surface area contributed by atoms with Crippen molar-refractivity contribution in [3.63, 3.8) is 0 Å². The number of phenolic OH excluding ortho intramolecular Hbond substituents is 1. The Morgan fingerprint density at radius 3 is 2.50 bits per heavy atom. The van der Waals surface area contributed by atoms with Gasteiger partial charge in [-0.2, -0.15) is 0 Å². The van der Waals surface area contributed by atoms with Gasteiger partial charge in [0.2, 0.25) is 6.43 Å². The van der Waals surface area contributed by atoms with Crippen LogP contribution in [-0.2, 0) is 0 Å². The second-order valence-corrected chi connectivity index (χ2v) is 4.99. The van der Waals surface area contributed by atoms with Crippen molar-refractivity contribution in [3.8, 4) is 5.75 Å². The Labute approximate surface area is 124 Å². The van der Waals surface area contributed by atoms with Gasteiger partial charge in [-0.15, -0.1) is 12.4 Å². The van der Waals surface area contributed by atoms with Crippen LogP contribution in [0.1, 0.15) is 23.6 Å². The molecule has 1 heterocycles. The number of halogens is 3. The smallest absolute Gasteiger partial charge is 0.240 e. The van der Waals surface area contributed by atoms with Gasteiger partial charge < -0.3 is 10.4 Å². The van der Waals surface area contributed by atoms with E-state index in [-0.39, 0.29) is 24.6 Å². The molecule has 0 amide bonds. The summed E-state index contributed by atoms with van der Waals surface area (Å²) in [6, 6.07) is 4.84. The highest BCUT2D eigenvalue weighted by Gasteiger charge is 2.27. The van der Waals surface area contributed by atoms with Gasteiger partial charge in [-0.05, 0) is 18.6 Å². The van der Waals surface area contributed by atoms with E-state index in [0.29, 0.717) is 5.56 Å². The van der Waals surface area contributed by atoms with Crippen LogP contribution in [0.4, 0.5) is 8.78 Å². The molecular formula is C14H21ClF2N2O. The lowest BCUT2D eigenvalue weighted by molar-refractivity contribution is 0.0730. The molecule has 0 radical (unpaired) electrons. The molecule has 1 aliphatic rings. The number of aryl methyl sites for hydroxylation is 1. The van der Waals surface area contributed by atoms with Crippen LogP contribution in [0.15, 0.2) is 18.2 Å². The van der Waals surface area contributed by atoms with Crippen molar-refractivity contribution in [2.24, 2.45) is 0 Å². The highest BCUT2D eigenvalue weighted by Crippen LogP contribution is 2.33. The monoisotopic (exact) mass is 306 g/mol. The first-order chi connectivity index (χ1) is 9.08. The molecule has 2 N–H and O–H groups in total. The maximum Gasteiger partial charge on any atom is 0.240 e. The number of piperazine rings is 1. The number of nitrogens with zero attached hydrogens (tertiary/aromatic N) is 1. The molecular weight excluding hydrogens is 286 g/mol. The third kappa shape index (κ3) is 4.30. The Balaban J connectivity index is 0.00000200. The Morgan fingerprint density at radius 2 is 1.95 bits per heavy atom. The molecule has 2 rings (SSSR count). The normalized spacial score (nSPS) is 17.8. The second-order valence-electron chi connectivity index (χ2n) is 4.99. The van der Waals surface area contributed by atoms with Crippen molar-refractivity contribution in [3.05, 3.63) is 29.3 Å². The predicted octanol–water partition coefficient (Wildman–Crippen LogP) is 2.72. The molecule has 1 saturated heterocycles. The van der Waals surface area contributed by atoms with Gasteiger partial charge in [-0.3, -0.25) is 4.90 Å². The average Bonchev–Trinajstić information content (AvgIpc) is 2.37. The van der Waals surface area contributed by atoms with E-state index in [0.717, 1.165) is 31.7 Å². The van der Waals surface area contributed by atoms with Crippen molar-refractivity contribution in [1.29, 1.82) is 0 Å². The van der Waals surface area contributed by atoms with E-state index in [4.69, 9.17) is 0 Å². The number of nitrogens with one attached hydrogen (secondary N) is 1. The van der Waals surface area contributed by atoms with Gasteiger partial charge in [0.25, 0.3) is 0 Å². The van der Waals surface area contributed by atoms with Crippen LogP contribution in [0, 0.1) is 6.92 Å². The lowest BCUT2D eigenvalue weighted by atomic mass is 9.99. The Kier molecular flexibility index (Phi) is 6.65. The molecule has 20 heavy (non-hydrogen) atoms. The number of benzene rings is 1. The predicted molar refractivity (Wildman–Crippen MR) is 77.9 cm³/mol. The van der Waals surface area contributed by atoms with Crippen molar-refractivity contribution in [1.82, 2.24) is 10.2 Å². The van der Waals surface area contributed by atoms with Crippen LogP contribution in [-0.4, -0.2) is 42.6 Å². The molecule has 114 valence electrons. The fraction of sp³-hybridized carbons (Fsp3) is 0.571. The van der Waals surface area contributed by atoms with Gasteiger partial charge in [0.1, 0.15) is 5.75 Å². The molecule has 0 aromatic heterocycles. The molecule has 0 spiro atoms. The molecule has 1 fully saturated rings. The van der Waals surface area contributed by atoms with Crippen molar-refractivity contribution < 1.29 is 13.9 Å². The summed E-state index contributed by atoms with van der Waals surface area (Å²) in [6.45, 7) is 4.92. The summed E-state index contributed by atoms with van der Waals surface area (Å²) < 4.78 is 25.6. The van der Waals surface area contributed by atoms with E-state index < -0.39 is 12.5 Å². The average molecular weight is 307 g/mol. The zero-order valence-corrected chi connectivity index (χ0v) is 12.3. The van der Waals surface area contributed by atoms with E-state index in [1.165, 1.54) is 0 Å². The van der Waals surface area contributed by atoms with Crippen LogP contribution >= 0.6 is 12.4 Å². The molecule has 1 atom stereocenters. The summed E-state index contributed by atoms with van der Waals surface area (Å²) in [5, 5.41) is 13.2. The van der Waals surface area contributed by atoms with E-state index in [1.807, 2.05) is 17.9 Å². The number of aromatic hydroxyl groups is 1. The van der Waals surface area contributed by atoms with Crippen LogP contribution in [0.2, 0.25) is 0 Å². The van der Waals surface area contributed by atoms with Gasteiger partial charge >= 0.3 is 0 Å². The van der Waals surface area contributed by atoms with Crippen molar-refractivity contribution in [2.45, 2.75) is 25.8 Å². The molecule has 0 aliphatic carbocycles. The third-order valence-electron chi connectivity index (χ3n) is 3.54. The first-order valence-electron chi connectivity index (χ1n) is 6.60. The lowest BCUT2D eigenvalue weighted by Crippen LogP contribution is -2.45. The summed E-state index contributed by atoms with van der Waals surface area (Å²) in [4.78, 5) is 2.02. The number of rotatable bonds is 4. The summed E-state index contributed by atoms with van der Waals surface area (Å²) in [6.07, 6.45) is -2.61. The molecule has 3 nitrogen and oxygen atoms in total. The molecule has 0 saturated carbocycles. The number of hydrogen-bond donors (Lipinski definition) is 2. The first-order valence-corrected chi connectivity index (χ1v) is 6.60. The van der Waals surface area contributed by atoms with Gasteiger partial charge in [-0.25, -0.2) is 8.78 Å². The Morgan fingerprint density at radius 1 is 1.30 bits per heavy atom. The summed E-state index contributed by atoms with van der Waals surface area (Å²) >= 11 is 0. The topological polar surface area (TPSA) is 35.5 Å². The fourth-order valence-electron chi connectivity index (χ4n) is 2.57. The third-order valence-corrected chi connectivity index (χ3v) is 3.54. The van der Waals surface area contributed by atoms with Crippen LogP contribution < -0.4 is 5.32 Å². The zero-order valence-electron chi connectivity index (χ0n) is 11.5. The van der Waals surface area contributed by atoms with Gasteiger partial charge in [0.05, 0.1) is 0 Å². The summed E-state index contributed by atoms with van der Waals surface area (Å²) in [5.41, 5.74) is 1.53. The molecule has 1 aromatic rings. The largest absolute Gasteiger partial charge is 0.508 e. The van der Waals surface area contributed by atoms with Crippen molar-refractivity contribution in [2.75, 3.05) is 26.2 Å². The fourth-order valence-corrected chi connectivity index (χ4v) is 2.57. The maximum absolute atomic E-state index is 12.8. The highest BCUT2D eigenvalue weighted by atomic mass is 35.5. The van der Waals surface area contributed by atoms with Crippen LogP contribution in [0.3, 0.4) is 0 Å². The van der Waals surface area contributed by atoms with E-state index in [9.17, 15) is 13.9 Å². The Hall–Kier alpha value is -0.910. The lowest BCUT2D eigenvalue weighted by Gasteiger charge is -2.35. The SMILES string of the molecule is Cc1ccc([C@H](CC(F)F)N2CCNCC2)c(O)c1.Cl.